The highest BCUT2D eigenvalue weighted by Gasteiger charge is 2.43. The van der Waals surface area contributed by atoms with Gasteiger partial charge < -0.3 is 11.5 Å². The van der Waals surface area contributed by atoms with E-state index in [-0.39, 0.29) is 9.29 Å². The van der Waals surface area contributed by atoms with Crippen molar-refractivity contribution >= 4 is 23.6 Å². The number of hydroxylamine groups is 6. The average molecular weight is 813 g/mol. The lowest BCUT2D eigenvalue weighted by Crippen LogP contribution is -2.54. The van der Waals surface area contributed by atoms with Crippen LogP contribution in [0.1, 0.15) is 194 Å². The zero-order chi connectivity index (χ0) is 41.8. The third-order valence-electron chi connectivity index (χ3n) is 11.7. The Morgan fingerprint density at radius 2 is 0.793 bits per heavy atom. The molecule has 0 aromatic carbocycles. The Morgan fingerprint density at radius 1 is 0.500 bits per heavy atom. The number of unbranched alkanes of at least 4 members (excludes halogenated alkanes) is 26. The van der Waals surface area contributed by atoms with Crippen LogP contribution in [0.4, 0.5) is 0 Å². The molecule has 4 N–H and O–H groups in total. The lowest BCUT2D eigenvalue weighted by atomic mass is 10.0. The molecular formula is C48H88N6O4+2. The van der Waals surface area contributed by atoms with E-state index in [4.69, 9.17) is 21.1 Å². The fourth-order valence-corrected chi connectivity index (χ4v) is 8.14. The molecule has 2 rings (SSSR count). The van der Waals surface area contributed by atoms with E-state index in [0.29, 0.717) is 64.0 Å². The van der Waals surface area contributed by atoms with Crippen LogP contribution in [0, 0.1) is 0 Å². The second-order valence-corrected chi connectivity index (χ2v) is 16.8. The van der Waals surface area contributed by atoms with E-state index in [1.165, 1.54) is 154 Å². The van der Waals surface area contributed by atoms with Gasteiger partial charge in [0.1, 0.15) is 26.2 Å². The van der Waals surface area contributed by atoms with Gasteiger partial charge in [-0.1, -0.05) is 189 Å². The van der Waals surface area contributed by atoms with Crippen molar-refractivity contribution in [2.24, 2.45) is 21.5 Å². The van der Waals surface area contributed by atoms with Crippen LogP contribution in [-0.2, 0) is 19.3 Å². The Hall–Kier alpha value is -2.66. The zero-order valence-corrected chi connectivity index (χ0v) is 37.5. The first-order valence-electron chi connectivity index (χ1n) is 24.2. The van der Waals surface area contributed by atoms with Crippen LogP contribution in [0.25, 0.3) is 0 Å². The van der Waals surface area contributed by atoms with Gasteiger partial charge in [-0.05, 0) is 25.7 Å². The first kappa shape index (κ1) is 51.5. The van der Waals surface area contributed by atoms with E-state index in [2.05, 4.69) is 36.0 Å². The van der Waals surface area contributed by atoms with E-state index >= 15 is 0 Å². The predicted molar refractivity (Wildman–Crippen MR) is 243 cm³/mol. The van der Waals surface area contributed by atoms with Gasteiger partial charge in [-0.25, -0.2) is 19.6 Å². The molecule has 2 heterocycles. The first-order valence-corrected chi connectivity index (χ1v) is 24.2. The van der Waals surface area contributed by atoms with Crippen molar-refractivity contribution in [2.75, 3.05) is 52.4 Å². The molecule has 0 radical (unpaired) electrons. The minimum Gasteiger partial charge on any atom is -0.325 e. The normalized spacial score (nSPS) is 19.5. The summed E-state index contributed by atoms with van der Waals surface area (Å²) in [5, 5.41) is 0. The SMILES string of the molecule is CCCCCCCCCCCCCCCC=CC1=NCC[N+]1(CCN)OC(=O)/C=C\C(=O)O[N+]1(CCN)CCN=C1C=CCCCCCCCCCCCCCCC. The number of amidine groups is 2. The standard InChI is InChI=1S/C48H88N6O4/c1-3-5-7-9-11-13-15-17-19-21-23-25-27-29-31-33-45-51-39-43-53(45,41-37-49)57-47(55)35-36-48(56)58-54(42-38-50)44-40-52-46(54)34-32-30-28-26-24-22-20-18-16-14-12-10-8-6-4-2/h31-36H,3-30,37-44,49-50H2,1-2H3/q+2/b33-31?,34-32?,36-35-. The van der Waals surface area contributed by atoms with Crippen molar-refractivity contribution in [1.29, 1.82) is 0 Å². The largest absolute Gasteiger partial charge is 0.391 e. The predicted octanol–water partition coefficient (Wildman–Crippen LogP) is 10.9. The number of hydrogen-bond acceptors (Lipinski definition) is 8. The molecule has 2 aliphatic heterocycles. The molecule has 0 bridgehead atoms. The summed E-state index contributed by atoms with van der Waals surface area (Å²) in [4.78, 5) is 47.4. The Bertz CT molecular complexity index is 1140. The van der Waals surface area contributed by atoms with Crippen molar-refractivity contribution in [1.82, 2.24) is 0 Å². The summed E-state index contributed by atoms with van der Waals surface area (Å²) in [6.45, 7) is 8.16. The molecule has 2 aliphatic rings. The number of aliphatic imine (C=N–C) groups is 2. The molecule has 0 saturated carbocycles. The monoisotopic (exact) mass is 813 g/mol. The Morgan fingerprint density at radius 3 is 1.09 bits per heavy atom. The molecule has 2 atom stereocenters. The van der Waals surface area contributed by atoms with Gasteiger partial charge in [0, 0.05) is 37.4 Å². The fraction of sp³-hybridized carbons (Fsp3) is 0.792. The topological polar surface area (TPSA) is 129 Å². The van der Waals surface area contributed by atoms with Crippen molar-refractivity contribution in [3.8, 4) is 0 Å². The van der Waals surface area contributed by atoms with Gasteiger partial charge in [0.15, 0.2) is 0 Å². The van der Waals surface area contributed by atoms with Gasteiger partial charge >= 0.3 is 11.9 Å². The van der Waals surface area contributed by atoms with Crippen molar-refractivity contribution < 1.29 is 28.6 Å². The van der Waals surface area contributed by atoms with Gasteiger partial charge in [0.25, 0.3) is 11.7 Å². The Balaban J connectivity index is 1.72. The number of carbonyl (C=O) groups is 2. The summed E-state index contributed by atoms with van der Waals surface area (Å²) in [6, 6.07) is 0. The quantitative estimate of drug-likeness (QED) is 0.0363. The van der Waals surface area contributed by atoms with Crippen LogP contribution in [-0.4, -0.2) is 85.3 Å². The molecular weight excluding hydrogens is 725 g/mol. The van der Waals surface area contributed by atoms with E-state index in [0.717, 1.165) is 37.8 Å². The van der Waals surface area contributed by atoms with Crippen LogP contribution in [0.15, 0.2) is 46.4 Å². The van der Waals surface area contributed by atoms with Crippen molar-refractivity contribution in [3.63, 3.8) is 0 Å². The lowest BCUT2D eigenvalue weighted by Gasteiger charge is -2.29. The van der Waals surface area contributed by atoms with Crippen LogP contribution in [0.3, 0.4) is 0 Å². The van der Waals surface area contributed by atoms with Crippen molar-refractivity contribution in [2.45, 2.75) is 194 Å². The van der Waals surface area contributed by atoms with Crippen LogP contribution in [0.5, 0.6) is 0 Å². The number of nitrogens with two attached hydrogens (primary N) is 2. The maximum atomic E-state index is 13.1. The lowest BCUT2D eigenvalue weighted by molar-refractivity contribution is -1.01. The number of allylic oxidation sites excluding steroid dienone is 2. The van der Waals surface area contributed by atoms with Gasteiger partial charge in [-0.3, -0.25) is 9.68 Å². The highest BCUT2D eigenvalue weighted by Crippen LogP contribution is 2.21. The van der Waals surface area contributed by atoms with Crippen molar-refractivity contribution in [3.05, 3.63) is 36.5 Å². The minimum atomic E-state index is -0.636. The molecule has 0 saturated heterocycles. The molecule has 0 aromatic rings. The smallest absolute Gasteiger partial charge is 0.325 e. The third-order valence-corrected chi connectivity index (χ3v) is 11.7. The number of rotatable bonds is 38. The second-order valence-electron chi connectivity index (χ2n) is 16.8. The van der Waals surface area contributed by atoms with E-state index < -0.39 is 11.9 Å². The minimum absolute atomic E-state index is 0.0716. The number of quaternary nitrogens is 2. The second kappa shape index (κ2) is 34.1. The Kier molecular flexibility index (Phi) is 30.3. The van der Waals surface area contributed by atoms with Crippen LogP contribution < -0.4 is 11.5 Å². The molecule has 0 amide bonds. The zero-order valence-electron chi connectivity index (χ0n) is 37.5. The summed E-state index contributed by atoms with van der Waals surface area (Å²) in [5.41, 5.74) is 12.0. The molecule has 10 nitrogen and oxygen atoms in total. The van der Waals surface area contributed by atoms with Crippen LogP contribution in [0.2, 0.25) is 0 Å². The highest BCUT2D eigenvalue weighted by molar-refractivity contribution is 5.93. The maximum absolute atomic E-state index is 13.1. The molecule has 0 fully saturated rings. The number of carbonyl (C=O) groups excluding carboxylic acids is 2. The van der Waals surface area contributed by atoms with E-state index in [1.807, 2.05) is 12.2 Å². The molecule has 58 heavy (non-hydrogen) atoms. The molecule has 10 heteroatoms. The molecule has 332 valence electrons. The summed E-state index contributed by atoms with van der Waals surface area (Å²) in [5.74, 6) is 0.118. The summed E-state index contributed by atoms with van der Waals surface area (Å²) < 4.78 is -0.143. The van der Waals surface area contributed by atoms with Gasteiger partial charge in [-0.2, -0.15) is 0 Å². The van der Waals surface area contributed by atoms with Crippen LogP contribution >= 0.6 is 0 Å². The Labute approximate surface area is 355 Å². The number of nitrogens with zero attached hydrogens (tertiary/aromatic N) is 4. The first-order chi connectivity index (χ1) is 28.4. The summed E-state index contributed by atoms with van der Waals surface area (Å²) in [7, 11) is 0. The average Bonchev–Trinajstić information content (AvgIpc) is 3.79. The van der Waals surface area contributed by atoms with Gasteiger partial charge in [-0.15, -0.1) is 0 Å². The fourth-order valence-electron chi connectivity index (χ4n) is 8.14. The summed E-state index contributed by atoms with van der Waals surface area (Å²) >= 11 is 0. The number of hydrogen-bond donors (Lipinski definition) is 2. The third kappa shape index (κ3) is 22.6. The van der Waals surface area contributed by atoms with Gasteiger partial charge in [0.05, 0.1) is 13.1 Å². The van der Waals surface area contributed by atoms with E-state index in [9.17, 15) is 9.59 Å². The van der Waals surface area contributed by atoms with E-state index in [1.54, 1.807) is 0 Å². The molecule has 0 spiro atoms. The maximum Gasteiger partial charge on any atom is 0.391 e. The molecule has 2 unspecified atom stereocenters. The van der Waals surface area contributed by atoms with Gasteiger partial charge in [0.2, 0.25) is 0 Å². The highest BCUT2D eigenvalue weighted by atomic mass is 16.8. The molecule has 0 aliphatic carbocycles. The molecule has 0 aromatic heterocycles. The summed E-state index contributed by atoms with van der Waals surface area (Å²) in [6.07, 6.45) is 47.1.